The standard InChI is InChI=1S/C19H16ClFN4O2/c20-16-12-14(21)6-7-15(16)18(26)24-8-10-25(11-9-24)19-22-17(27-23-19)13-4-2-1-3-5-13/h1-7,12H,8-11H2. The Bertz CT molecular complexity index is 955. The Balaban J connectivity index is 1.42. The van der Waals surface area contributed by atoms with Gasteiger partial charge in [-0.05, 0) is 35.5 Å². The van der Waals surface area contributed by atoms with Crippen molar-refractivity contribution in [2.45, 2.75) is 0 Å². The molecule has 2 heterocycles. The van der Waals surface area contributed by atoms with Gasteiger partial charge in [-0.2, -0.15) is 4.98 Å². The highest BCUT2D eigenvalue weighted by Crippen LogP contribution is 2.22. The van der Waals surface area contributed by atoms with Gasteiger partial charge in [-0.3, -0.25) is 4.79 Å². The predicted molar refractivity (Wildman–Crippen MR) is 99.3 cm³/mol. The van der Waals surface area contributed by atoms with Crippen LogP contribution in [0.5, 0.6) is 0 Å². The maximum Gasteiger partial charge on any atom is 0.266 e. The Hall–Kier alpha value is -2.93. The lowest BCUT2D eigenvalue weighted by Crippen LogP contribution is -2.49. The first kappa shape index (κ1) is 17.5. The summed E-state index contributed by atoms with van der Waals surface area (Å²) in [6.45, 7) is 2.11. The van der Waals surface area contributed by atoms with E-state index in [2.05, 4.69) is 10.1 Å². The number of rotatable bonds is 3. The van der Waals surface area contributed by atoms with Crippen LogP contribution >= 0.6 is 11.6 Å². The summed E-state index contributed by atoms with van der Waals surface area (Å²) in [6, 6.07) is 13.3. The maximum absolute atomic E-state index is 13.2. The van der Waals surface area contributed by atoms with E-state index in [1.807, 2.05) is 35.2 Å². The molecule has 1 aliphatic rings. The van der Waals surface area contributed by atoms with Crippen LogP contribution in [0.3, 0.4) is 0 Å². The number of hydrogen-bond donors (Lipinski definition) is 0. The molecular weight excluding hydrogens is 371 g/mol. The Morgan fingerprint density at radius 2 is 1.81 bits per heavy atom. The first-order chi connectivity index (χ1) is 13.1. The molecule has 1 fully saturated rings. The molecule has 1 aromatic heterocycles. The first-order valence-corrected chi connectivity index (χ1v) is 8.88. The second-order valence-electron chi connectivity index (χ2n) is 6.17. The number of anilines is 1. The summed E-state index contributed by atoms with van der Waals surface area (Å²) < 4.78 is 18.5. The Morgan fingerprint density at radius 3 is 2.52 bits per heavy atom. The van der Waals surface area contributed by atoms with Crippen LogP contribution in [0.25, 0.3) is 11.5 Å². The van der Waals surface area contributed by atoms with E-state index in [0.29, 0.717) is 43.6 Å². The maximum atomic E-state index is 13.2. The normalized spacial score (nSPS) is 14.4. The lowest BCUT2D eigenvalue weighted by Gasteiger charge is -2.34. The molecule has 27 heavy (non-hydrogen) atoms. The number of carbonyl (C=O) groups excluding carboxylic acids is 1. The van der Waals surface area contributed by atoms with Crippen molar-refractivity contribution in [1.29, 1.82) is 0 Å². The van der Waals surface area contributed by atoms with Crippen LogP contribution < -0.4 is 4.90 Å². The van der Waals surface area contributed by atoms with E-state index >= 15 is 0 Å². The van der Waals surface area contributed by atoms with Gasteiger partial charge in [0.25, 0.3) is 17.7 Å². The molecule has 138 valence electrons. The fraction of sp³-hybridized carbons (Fsp3) is 0.211. The van der Waals surface area contributed by atoms with Crippen LogP contribution in [0, 0.1) is 5.82 Å². The van der Waals surface area contributed by atoms with E-state index in [0.717, 1.165) is 11.6 Å². The van der Waals surface area contributed by atoms with Crippen molar-refractivity contribution in [3.63, 3.8) is 0 Å². The summed E-state index contributed by atoms with van der Waals surface area (Å²) in [6.07, 6.45) is 0. The molecule has 1 saturated heterocycles. The molecule has 1 amide bonds. The number of benzene rings is 2. The fourth-order valence-corrected chi connectivity index (χ4v) is 3.23. The van der Waals surface area contributed by atoms with Crippen molar-refractivity contribution < 1.29 is 13.7 Å². The van der Waals surface area contributed by atoms with Gasteiger partial charge >= 0.3 is 0 Å². The molecule has 3 aromatic rings. The molecule has 4 rings (SSSR count). The third kappa shape index (κ3) is 3.64. The van der Waals surface area contributed by atoms with Gasteiger partial charge in [-0.15, -0.1) is 0 Å². The Kier molecular flexibility index (Phi) is 4.77. The average Bonchev–Trinajstić information content (AvgIpc) is 3.19. The summed E-state index contributed by atoms with van der Waals surface area (Å²) in [5.74, 6) is 0.286. The highest BCUT2D eigenvalue weighted by atomic mass is 35.5. The van der Waals surface area contributed by atoms with Crippen molar-refractivity contribution in [3.05, 3.63) is 64.9 Å². The number of nitrogens with zero attached hydrogens (tertiary/aromatic N) is 4. The fourth-order valence-electron chi connectivity index (χ4n) is 2.98. The second kappa shape index (κ2) is 7.36. The second-order valence-corrected chi connectivity index (χ2v) is 6.58. The van der Waals surface area contributed by atoms with E-state index in [-0.39, 0.29) is 10.9 Å². The average molecular weight is 387 g/mol. The number of amides is 1. The molecule has 0 saturated carbocycles. The lowest BCUT2D eigenvalue weighted by atomic mass is 10.1. The minimum atomic E-state index is -0.465. The molecule has 0 N–H and O–H groups in total. The van der Waals surface area contributed by atoms with Gasteiger partial charge in [0, 0.05) is 31.7 Å². The quantitative estimate of drug-likeness (QED) is 0.689. The van der Waals surface area contributed by atoms with Gasteiger partial charge in [-0.25, -0.2) is 4.39 Å². The zero-order valence-electron chi connectivity index (χ0n) is 14.3. The summed E-state index contributed by atoms with van der Waals surface area (Å²) in [7, 11) is 0. The van der Waals surface area contributed by atoms with Gasteiger partial charge in [0.1, 0.15) is 5.82 Å². The molecule has 0 atom stereocenters. The van der Waals surface area contributed by atoms with Crippen molar-refractivity contribution >= 4 is 23.5 Å². The first-order valence-electron chi connectivity index (χ1n) is 8.50. The van der Waals surface area contributed by atoms with E-state index in [9.17, 15) is 9.18 Å². The van der Waals surface area contributed by atoms with Crippen LogP contribution in [0.2, 0.25) is 5.02 Å². The van der Waals surface area contributed by atoms with E-state index in [1.165, 1.54) is 12.1 Å². The smallest absolute Gasteiger partial charge is 0.266 e. The predicted octanol–water partition coefficient (Wildman–Crippen LogP) is 3.49. The molecule has 8 heteroatoms. The van der Waals surface area contributed by atoms with E-state index in [1.54, 1.807) is 4.90 Å². The minimum Gasteiger partial charge on any atom is -0.335 e. The highest BCUT2D eigenvalue weighted by Gasteiger charge is 2.26. The molecular formula is C19H16ClFN4O2. The number of piperazine rings is 1. The highest BCUT2D eigenvalue weighted by molar-refractivity contribution is 6.33. The van der Waals surface area contributed by atoms with Crippen LogP contribution in [-0.2, 0) is 0 Å². The molecule has 1 aliphatic heterocycles. The summed E-state index contributed by atoms with van der Waals surface area (Å²) in [5, 5.41) is 4.16. The lowest BCUT2D eigenvalue weighted by molar-refractivity contribution is 0.0746. The van der Waals surface area contributed by atoms with Crippen molar-refractivity contribution in [3.8, 4) is 11.5 Å². The van der Waals surface area contributed by atoms with E-state index in [4.69, 9.17) is 16.1 Å². The largest absolute Gasteiger partial charge is 0.335 e. The van der Waals surface area contributed by atoms with Crippen molar-refractivity contribution in [2.75, 3.05) is 31.1 Å². The number of carbonyl (C=O) groups is 1. The van der Waals surface area contributed by atoms with Gasteiger partial charge in [-0.1, -0.05) is 29.8 Å². The van der Waals surface area contributed by atoms with Crippen LogP contribution in [0.1, 0.15) is 10.4 Å². The SMILES string of the molecule is O=C(c1ccc(F)cc1Cl)N1CCN(c2noc(-c3ccccc3)n2)CC1. The summed E-state index contributed by atoms with van der Waals surface area (Å²) in [4.78, 5) is 20.7. The van der Waals surface area contributed by atoms with Gasteiger partial charge < -0.3 is 14.3 Å². The van der Waals surface area contributed by atoms with Gasteiger partial charge in [0.2, 0.25) is 0 Å². The molecule has 0 radical (unpaired) electrons. The third-order valence-corrected chi connectivity index (χ3v) is 4.76. The molecule has 0 bridgehead atoms. The molecule has 6 nitrogen and oxygen atoms in total. The number of aromatic nitrogens is 2. The van der Waals surface area contributed by atoms with Crippen LogP contribution in [-0.4, -0.2) is 47.1 Å². The minimum absolute atomic E-state index is 0.119. The third-order valence-electron chi connectivity index (χ3n) is 4.45. The summed E-state index contributed by atoms with van der Waals surface area (Å²) in [5.41, 5.74) is 1.16. The number of hydrogen-bond acceptors (Lipinski definition) is 5. The Morgan fingerprint density at radius 1 is 1.07 bits per heavy atom. The summed E-state index contributed by atoms with van der Waals surface area (Å²) >= 11 is 6.00. The van der Waals surface area contributed by atoms with Gasteiger partial charge in [0.05, 0.1) is 10.6 Å². The number of halogens is 2. The van der Waals surface area contributed by atoms with Crippen LogP contribution in [0.4, 0.5) is 10.3 Å². The molecule has 0 unspecified atom stereocenters. The monoisotopic (exact) mass is 386 g/mol. The van der Waals surface area contributed by atoms with Crippen LogP contribution in [0.15, 0.2) is 53.1 Å². The van der Waals surface area contributed by atoms with Crippen molar-refractivity contribution in [1.82, 2.24) is 15.0 Å². The zero-order chi connectivity index (χ0) is 18.8. The zero-order valence-corrected chi connectivity index (χ0v) is 15.1. The topological polar surface area (TPSA) is 62.5 Å². The molecule has 0 aliphatic carbocycles. The Labute approximate surface area is 160 Å². The van der Waals surface area contributed by atoms with Crippen molar-refractivity contribution in [2.24, 2.45) is 0 Å². The molecule has 0 spiro atoms. The van der Waals surface area contributed by atoms with Gasteiger partial charge in [0.15, 0.2) is 0 Å². The van der Waals surface area contributed by atoms with E-state index < -0.39 is 5.82 Å². The molecule has 2 aromatic carbocycles.